The number of ketones is 1. The molecule has 0 heterocycles. The minimum atomic E-state index is -1.14. The molecule has 0 spiro atoms. The van der Waals surface area contributed by atoms with Gasteiger partial charge in [0.25, 0.3) is 0 Å². The number of carbonyl (C=O) groups excluding carboxylic acids is 2. The van der Waals surface area contributed by atoms with E-state index >= 15 is 0 Å². The average molecular weight is 226 g/mol. The van der Waals surface area contributed by atoms with Crippen molar-refractivity contribution in [2.45, 2.75) is 45.6 Å². The maximum absolute atomic E-state index is 11.7. The minimum absolute atomic E-state index is 0.000814. The summed E-state index contributed by atoms with van der Waals surface area (Å²) in [5.74, 6) is -0.909. The molecule has 4 nitrogen and oxygen atoms in total. The molecule has 0 bridgehead atoms. The van der Waals surface area contributed by atoms with E-state index in [9.17, 15) is 14.7 Å². The number of esters is 1. The lowest BCUT2D eigenvalue weighted by Crippen LogP contribution is -2.27. The lowest BCUT2D eigenvalue weighted by Gasteiger charge is -2.23. The average Bonchev–Trinajstić information content (AvgIpc) is 2.50. The fraction of sp³-hybridized carbons (Fsp3) is 0.667. The topological polar surface area (TPSA) is 63.6 Å². The van der Waals surface area contributed by atoms with Crippen molar-refractivity contribution >= 4 is 11.8 Å². The largest absolute Gasteiger partial charge is 0.462 e. The van der Waals surface area contributed by atoms with Crippen molar-refractivity contribution in [1.29, 1.82) is 0 Å². The number of rotatable bonds is 4. The smallest absolute Gasteiger partial charge is 0.341 e. The molecule has 1 N–H and O–H groups in total. The zero-order valence-electron chi connectivity index (χ0n) is 10.0. The molecule has 0 amide bonds. The third-order valence-electron chi connectivity index (χ3n) is 3.01. The Kier molecular flexibility index (Phi) is 3.86. The van der Waals surface area contributed by atoms with Crippen LogP contribution in [-0.2, 0) is 14.3 Å². The SMILES string of the molecule is CCOC(=O)C1=C(CC)[C@](O)(CC)CC1=O. The molecule has 1 atom stereocenters. The summed E-state index contributed by atoms with van der Waals surface area (Å²) in [6.45, 7) is 5.55. The summed E-state index contributed by atoms with van der Waals surface area (Å²) < 4.78 is 4.84. The van der Waals surface area contributed by atoms with Gasteiger partial charge in [0.2, 0.25) is 0 Å². The van der Waals surface area contributed by atoms with Crippen LogP contribution in [-0.4, -0.2) is 29.1 Å². The Morgan fingerprint density at radius 2 is 2.06 bits per heavy atom. The summed E-state index contributed by atoms with van der Waals surface area (Å²) in [7, 11) is 0. The molecule has 0 aromatic carbocycles. The van der Waals surface area contributed by atoms with E-state index in [1.165, 1.54) is 0 Å². The van der Waals surface area contributed by atoms with E-state index in [0.717, 1.165) is 0 Å². The third kappa shape index (κ3) is 2.02. The summed E-state index contributed by atoms with van der Waals surface area (Å²) >= 11 is 0. The van der Waals surface area contributed by atoms with Gasteiger partial charge >= 0.3 is 5.97 Å². The first kappa shape index (κ1) is 12.9. The van der Waals surface area contributed by atoms with Crippen LogP contribution >= 0.6 is 0 Å². The van der Waals surface area contributed by atoms with Crippen molar-refractivity contribution in [3.63, 3.8) is 0 Å². The molecule has 1 rings (SSSR count). The van der Waals surface area contributed by atoms with E-state index in [2.05, 4.69) is 0 Å². The van der Waals surface area contributed by atoms with Gasteiger partial charge in [0.05, 0.1) is 12.2 Å². The van der Waals surface area contributed by atoms with Crippen LogP contribution in [0.15, 0.2) is 11.1 Å². The van der Waals surface area contributed by atoms with Crippen LogP contribution < -0.4 is 0 Å². The number of aliphatic hydroxyl groups is 1. The highest BCUT2D eigenvalue weighted by Crippen LogP contribution is 2.38. The number of hydrogen-bond acceptors (Lipinski definition) is 4. The highest BCUT2D eigenvalue weighted by molar-refractivity contribution is 6.20. The van der Waals surface area contributed by atoms with Gasteiger partial charge in [-0.1, -0.05) is 13.8 Å². The maximum atomic E-state index is 11.7. The summed E-state index contributed by atoms with van der Waals surface area (Å²) in [6.07, 6.45) is 0.926. The fourth-order valence-corrected chi connectivity index (χ4v) is 2.15. The molecule has 0 aliphatic heterocycles. The molecule has 90 valence electrons. The number of carbonyl (C=O) groups is 2. The first-order chi connectivity index (χ1) is 7.50. The van der Waals surface area contributed by atoms with Crippen LogP contribution in [0.1, 0.15) is 40.0 Å². The van der Waals surface area contributed by atoms with Gasteiger partial charge in [0.15, 0.2) is 5.78 Å². The number of ether oxygens (including phenoxy) is 1. The third-order valence-corrected chi connectivity index (χ3v) is 3.01. The molecule has 0 radical (unpaired) electrons. The van der Waals surface area contributed by atoms with Crippen molar-refractivity contribution in [3.8, 4) is 0 Å². The van der Waals surface area contributed by atoms with Gasteiger partial charge in [0, 0.05) is 6.42 Å². The van der Waals surface area contributed by atoms with Crippen molar-refractivity contribution in [2.24, 2.45) is 0 Å². The van der Waals surface area contributed by atoms with Crippen molar-refractivity contribution in [3.05, 3.63) is 11.1 Å². The van der Waals surface area contributed by atoms with E-state index < -0.39 is 11.6 Å². The Balaban J connectivity index is 3.14. The molecular formula is C12H18O4. The van der Waals surface area contributed by atoms with Crippen molar-refractivity contribution in [1.82, 2.24) is 0 Å². The van der Waals surface area contributed by atoms with Crippen molar-refractivity contribution < 1.29 is 19.4 Å². The van der Waals surface area contributed by atoms with Crippen molar-refractivity contribution in [2.75, 3.05) is 6.61 Å². The van der Waals surface area contributed by atoms with Gasteiger partial charge in [0.1, 0.15) is 5.57 Å². The Hall–Kier alpha value is -1.16. The molecular weight excluding hydrogens is 208 g/mol. The maximum Gasteiger partial charge on any atom is 0.341 e. The number of Topliss-reactive ketones (excluding diaryl/α,β-unsaturated/α-hetero) is 1. The van der Waals surface area contributed by atoms with E-state index in [1.54, 1.807) is 13.8 Å². The molecule has 0 saturated heterocycles. The first-order valence-electron chi connectivity index (χ1n) is 5.66. The molecule has 4 heteroatoms. The van der Waals surface area contributed by atoms with E-state index in [1.807, 2.05) is 6.92 Å². The standard InChI is InChI=1S/C12H18O4/c1-4-8-10(11(14)16-6-3)9(13)7-12(8,15)5-2/h15H,4-7H2,1-3H3/t12-/m0/s1. The molecule has 0 unspecified atom stereocenters. The lowest BCUT2D eigenvalue weighted by atomic mass is 9.90. The van der Waals surface area contributed by atoms with Crippen LogP contribution in [0.3, 0.4) is 0 Å². The van der Waals surface area contributed by atoms with E-state index in [0.29, 0.717) is 18.4 Å². The van der Waals surface area contributed by atoms with Gasteiger partial charge in [-0.05, 0) is 25.3 Å². The highest BCUT2D eigenvalue weighted by atomic mass is 16.5. The second-order valence-electron chi connectivity index (χ2n) is 3.91. The molecule has 0 fully saturated rings. The summed E-state index contributed by atoms with van der Waals surface area (Å²) in [5.41, 5.74) is -0.555. The van der Waals surface area contributed by atoms with Gasteiger partial charge in [-0.2, -0.15) is 0 Å². The van der Waals surface area contributed by atoms with Crippen LogP contribution in [0, 0.1) is 0 Å². The quantitative estimate of drug-likeness (QED) is 0.581. The molecule has 1 aliphatic rings. The zero-order chi connectivity index (χ0) is 12.3. The predicted molar refractivity (Wildman–Crippen MR) is 58.8 cm³/mol. The minimum Gasteiger partial charge on any atom is -0.462 e. The first-order valence-corrected chi connectivity index (χ1v) is 5.66. The van der Waals surface area contributed by atoms with Crippen LogP contribution in [0.4, 0.5) is 0 Å². The van der Waals surface area contributed by atoms with Crippen LogP contribution in [0.5, 0.6) is 0 Å². The second kappa shape index (κ2) is 4.78. The molecule has 1 aliphatic carbocycles. The highest BCUT2D eigenvalue weighted by Gasteiger charge is 2.44. The zero-order valence-corrected chi connectivity index (χ0v) is 10.0. The summed E-state index contributed by atoms with van der Waals surface area (Å²) in [5, 5.41) is 10.2. The Morgan fingerprint density at radius 1 is 1.44 bits per heavy atom. The normalized spacial score (nSPS) is 25.1. The van der Waals surface area contributed by atoms with Gasteiger partial charge in [-0.3, -0.25) is 4.79 Å². The van der Waals surface area contributed by atoms with Crippen LogP contribution in [0.25, 0.3) is 0 Å². The predicted octanol–water partition coefficient (Wildman–Crippen LogP) is 1.37. The lowest BCUT2D eigenvalue weighted by molar-refractivity contribution is -0.139. The number of hydrogen-bond donors (Lipinski definition) is 1. The van der Waals surface area contributed by atoms with Gasteiger partial charge in [-0.25, -0.2) is 4.79 Å². The van der Waals surface area contributed by atoms with Crippen LogP contribution in [0.2, 0.25) is 0 Å². The second-order valence-corrected chi connectivity index (χ2v) is 3.91. The van der Waals surface area contributed by atoms with Gasteiger partial charge in [-0.15, -0.1) is 0 Å². The summed E-state index contributed by atoms with van der Waals surface area (Å²) in [6, 6.07) is 0. The van der Waals surface area contributed by atoms with E-state index in [-0.39, 0.29) is 24.4 Å². The summed E-state index contributed by atoms with van der Waals surface area (Å²) in [4.78, 5) is 23.3. The molecule has 0 aromatic rings. The fourth-order valence-electron chi connectivity index (χ4n) is 2.15. The Morgan fingerprint density at radius 3 is 2.50 bits per heavy atom. The monoisotopic (exact) mass is 226 g/mol. The Bertz CT molecular complexity index is 343. The molecule has 0 aromatic heterocycles. The molecule has 16 heavy (non-hydrogen) atoms. The molecule has 0 saturated carbocycles. The van der Waals surface area contributed by atoms with E-state index in [4.69, 9.17) is 4.74 Å². The van der Waals surface area contributed by atoms with Gasteiger partial charge < -0.3 is 9.84 Å². The Labute approximate surface area is 95.3 Å².